The van der Waals surface area contributed by atoms with Gasteiger partial charge in [-0.1, -0.05) is 12.2 Å². The number of aromatic nitrogens is 1. The van der Waals surface area contributed by atoms with E-state index in [1.54, 1.807) is 0 Å². The number of Topliss-reactive ketones (excluding diaryl/α,β-unsaturated/α-hetero) is 1. The van der Waals surface area contributed by atoms with Crippen LogP contribution in [-0.2, 0) is 11.2 Å². The summed E-state index contributed by atoms with van der Waals surface area (Å²) in [4.78, 5) is 13.9. The molecule has 3 aliphatic rings. The molecule has 1 aromatic heterocycles. The largest absolute Gasteiger partial charge is 0.349 e. The number of nitrogens with zero attached hydrogens (tertiary/aromatic N) is 2. The molecule has 0 fully saturated rings. The van der Waals surface area contributed by atoms with E-state index in [4.69, 9.17) is 0 Å². The lowest BCUT2D eigenvalue weighted by Gasteiger charge is -2.22. The first-order valence-electron chi connectivity index (χ1n) is 6.81. The van der Waals surface area contributed by atoms with Crippen LogP contribution in [0.1, 0.15) is 30.5 Å². The maximum atomic E-state index is 11.7. The average molecular weight is 252 g/mol. The minimum absolute atomic E-state index is 0.305. The van der Waals surface area contributed by atoms with Gasteiger partial charge in [-0.25, -0.2) is 0 Å². The molecule has 0 saturated carbocycles. The molecule has 0 spiro atoms. The Morgan fingerprint density at radius 3 is 3.00 bits per heavy atom. The molecule has 1 aliphatic heterocycles. The monoisotopic (exact) mass is 252 g/mol. The lowest BCUT2D eigenvalue weighted by Crippen LogP contribution is -2.13. The SMILES string of the molecule is CN1C=C2CC(=O)CC=C2n2ccc3c2C1=CCC3. The quantitative estimate of drug-likeness (QED) is 0.709. The fourth-order valence-electron chi connectivity index (χ4n) is 3.32. The van der Waals surface area contributed by atoms with Crippen molar-refractivity contribution in [2.75, 3.05) is 7.05 Å². The van der Waals surface area contributed by atoms with Gasteiger partial charge in [-0.15, -0.1) is 0 Å². The number of ketones is 1. The van der Waals surface area contributed by atoms with Crippen molar-refractivity contribution >= 4 is 17.2 Å². The van der Waals surface area contributed by atoms with Crippen molar-refractivity contribution in [2.45, 2.75) is 25.7 Å². The standard InChI is InChI=1S/C16H16N2O/c1-17-10-12-9-13(19)5-6-14(12)18-8-7-11-3-2-4-15(17)16(11)18/h4,6-8,10H,2-3,5,9H2,1H3. The molecule has 0 aromatic carbocycles. The summed E-state index contributed by atoms with van der Waals surface area (Å²) in [6.45, 7) is 0. The average Bonchev–Trinajstić information content (AvgIpc) is 2.77. The van der Waals surface area contributed by atoms with Gasteiger partial charge in [0.25, 0.3) is 0 Å². The summed E-state index contributed by atoms with van der Waals surface area (Å²) < 4.78 is 2.27. The van der Waals surface area contributed by atoms with Crippen LogP contribution in [0.25, 0.3) is 11.4 Å². The van der Waals surface area contributed by atoms with Crippen LogP contribution in [0.5, 0.6) is 0 Å². The summed E-state index contributed by atoms with van der Waals surface area (Å²) in [5.74, 6) is 0.305. The number of carbonyl (C=O) groups is 1. The van der Waals surface area contributed by atoms with E-state index in [9.17, 15) is 4.79 Å². The van der Waals surface area contributed by atoms with Gasteiger partial charge < -0.3 is 9.47 Å². The van der Waals surface area contributed by atoms with E-state index in [0.717, 1.165) is 18.4 Å². The lowest BCUT2D eigenvalue weighted by molar-refractivity contribution is -0.117. The van der Waals surface area contributed by atoms with Crippen LogP contribution in [-0.4, -0.2) is 22.3 Å². The Labute approximate surface area is 112 Å². The number of carbonyl (C=O) groups excluding carboxylic acids is 1. The molecule has 19 heavy (non-hydrogen) atoms. The molecule has 0 radical (unpaired) electrons. The number of rotatable bonds is 0. The molecule has 0 N–H and O–H groups in total. The van der Waals surface area contributed by atoms with Gasteiger partial charge in [0, 0.05) is 38.0 Å². The lowest BCUT2D eigenvalue weighted by atomic mass is 9.98. The van der Waals surface area contributed by atoms with E-state index in [-0.39, 0.29) is 0 Å². The van der Waals surface area contributed by atoms with Crippen LogP contribution in [0.2, 0.25) is 0 Å². The number of aryl methyl sites for hydroxylation is 1. The Morgan fingerprint density at radius 2 is 2.11 bits per heavy atom. The second-order valence-corrected chi connectivity index (χ2v) is 5.46. The summed E-state index contributed by atoms with van der Waals surface area (Å²) in [5.41, 5.74) is 6.31. The first kappa shape index (κ1) is 10.9. The number of hydrogen-bond donors (Lipinski definition) is 0. The Balaban J connectivity index is 2.00. The Bertz CT molecular complexity index is 673. The van der Waals surface area contributed by atoms with Gasteiger partial charge in [-0.3, -0.25) is 4.79 Å². The van der Waals surface area contributed by atoms with E-state index in [0.29, 0.717) is 18.6 Å². The minimum atomic E-state index is 0.305. The first-order valence-corrected chi connectivity index (χ1v) is 6.81. The molecule has 4 rings (SSSR count). The van der Waals surface area contributed by atoms with Crippen molar-refractivity contribution in [3.05, 3.63) is 47.4 Å². The molecule has 3 heteroatoms. The van der Waals surface area contributed by atoms with Crippen LogP contribution in [0, 0.1) is 0 Å². The maximum Gasteiger partial charge on any atom is 0.141 e. The van der Waals surface area contributed by atoms with Gasteiger partial charge in [0.15, 0.2) is 0 Å². The summed E-state index contributed by atoms with van der Waals surface area (Å²) in [7, 11) is 2.08. The molecule has 3 nitrogen and oxygen atoms in total. The highest BCUT2D eigenvalue weighted by Gasteiger charge is 2.27. The van der Waals surface area contributed by atoms with Gasteiger partial charge in [-0.05, 0) is 30.0 Å². The second-order valence-electron chi connectivity index (χ2n) is 5.46. The van der Waals surface area contributed by atoms with Gasteiger partial charge in [0.05, 0.1) is 11.4 Å². The molecule has 96 valence electrons. The summed E-state index contributed by atoms with van der Waals surface area (Å²) >= 11 is 0. The third-order valence-electron chi connectivity index (χ3n) is 4.19. The maximum absolute atomic E-state index is 11.7. The minimum Gasteiger partial charge on any atom is -0.349 e. The van der Waals surface area contributed by atoms with Crippen molar-refractivity contribution in [2.24, 2.45) is 0 Å². The predicted molar refractivity (Wildman–Crippen MR) is 75.1 cm³/mol. The molecular weight excluding hydrogens is 236 g/mol. The fourth-order valence-corrected chi connectivity index (χ4v) is 3.32. The number of allylic oxidation sites excluding steroid dienone is 4. The molecule has 1 aromatic rings. The van der Waals surface area contributed by atoms with Crippen molar-refractivity contribution < 1.29 is 4.79 Å². The molecule has 2 aliphatic carbocycles. The van der Waals surface area contributed by atoms with Crippen LogP contribution in [0.4, 0.5) is 0 Å². The van der Waals surface area contributed by atoms with Crippen molar-refractivity contribution in [1.29, 1.82) is 0 Å². The van der Waals surface area contributed by atoms with Crippen LogP contribution in [0.15, 0.2) is 36.2 Å². The van der Waals surface area contributed by atoms with E-state index in [1.165, 1.54) is 22.7 Å². The van der Waals surface area contributed by atoms with Gasteiger partial charge >= 0.3 is 0 Å². The molecule has 0 atom stereocenters. The number of hydrogen-bond acceptors (Lipinski definition) is 2. The van der Waals surface area contributed by atoms with Gasteiger partial charge in [0.1, 0.15) is 5.78 Å². The third kappa shape index (κ3) is 1.47. The van der Waals surface area contributed by atoms with Crippen LogP contribution < -0.4 is 0 Å². The van der Waals surface area contributed by atoms with Gasteiger partial charge in [0.2, 0.25) is 0 Å². The Kier molecular flexibility index (Phi) is 2.13. The Morgan fingerprint density at radius 1 is 1.21 bits per heavy atom. The van der Waals surface area contributed by atoms with Crippen molar-refractivity contribution in [1.82, 2.24) is 9.47 Å². The fraction of sp³-hybridized carbons (Fsp3) is 0.312. The molecular formula is C16H16N2O. The van der Waals surface area contributed by atoms with E-state index in [2.05, 4.69) is 47.1 Å². The van der Waals surface area contributed by atoms with Crippen molar-refractivity contribution in [3.8, 4) is 0 Å². The zero-order valence-corrected chi connectivity index (χ0v) is 11.0. The van der Waals surface area contributed by atoms with Gasteiger partial charge in [-0.2, -0.15) is 0 Å². The van der Waals surface area contributed by atoms with E-state index >= 15 is 0 Å². The highest BCUT2D eigenvalue weighted by Crippen LogP contribution is 2.38. The summed E-state index contributed by atoms with van der Waals surface area (Å²) in [5, 5.41) is 0. The molecule has 0 amide bonds. The molecule has 0 bridgehead atoms. The first-order chi connectivity index (χ1) is 9.24. The second kappa shape index (κ2) is 3.73. The smallest absolute Gasteiger partial charge is 0.141 e. The topological polar surface area (TPSA) is 25.2 Å². The van der Waals surface area contributed by atoms with Crippen molar-refractivity contribution in [3.63, 3.8) is 0 Å². The predicted octanol–water partition coefficient (Wildman–Crippen LogP) is 2.81. The molecule has 0 unspecified atom stereocenters. The number of fused-ring (bicyclic) bond motifs is 2. The zero-order chi connectivity index (χ0) is 13.0. The normalized spacial score (nSPS) is 21.0. The summed E-state index contributed by atoms with van der Waals surface area (Å²) in [6, 6.07) is 2.22. The molecule has 0 saturated heterocycles. The van der Waals surface area contributed by atoms with Crippen LogP contribution in [0.3, 0.4) is 0 Å². The third-order valence-corrected chi connectivity index (χ3v) is 4.19. The van der Waals surface area contributed by atoms with E-state index in [1.807, 2.05) is 0 Å². The highest BCUT2D eigenvalue weighted by molar-refractivity contribution is 5.92. The zero-order valence-electron chi connectivity index (χ0n) is 11.0. The van der Waals surface area contributed by atoms with Crippen LogP contribution >= 0.6 is 0 Å². The summed E-state index contributed by atoms with van der Waals surface area (Å²) in [6.07, 6.45) is 12.0. The van der Waals surface area contributed by atoms with E-state index < -0.39 is 0 Å². The highest BCUT2D eigenvalue weighted by atomic mass is 16.1. The molecule has 2 heterocycles. The Hall–Kier alpha value is -2.03.